The van der Waals surface area contributed by atoms with Crippen LogP contribution in [-0.4, -0.2) is 29.1 Å². The molecule has 4 aromatic rings. The van der Waals surface area contributed by atoms with Gasteiger partial charge in [0.15, 0.2) is 16.5 Å². The van der Waals surface area contributed by atoms with Gasteiger partial charge < -0.3 is 14.8 Å². The molecule has 2 aromatic heterocycles. The minimum Gasteiger partial charge on any atom is -0.493 e. The molecule has 1 N–H and O–H groups in total. The number of hydrogen-bond donors (Lipinski definition) is 1. The first kappa shape index (κ1) is 17.7. The highest BCUT2D eigenvalue weighted by Gasteiger charge is 2.22. The summed E-state index contributed by atoms with van der Waals surface area (Å²) in [6.45, 7) is 6.46. The number of hydrogen-bond acceptors (Lipinski definition) is 5. The third-order valence-corrected chi connectivity index (χ3v) is 5.33. The standard InChI is InChI=1S/C21H23N3O2S/c1-21(2,3)23-19-18(13-10-11-15(25-4)16(12-13)26-5)22-20-24(19)14-8-6-7-9-17(14)27-20/h6-12,23H,1-5H3. The van der Waals surface area contributed by atoms with Gasteiger partial charge in [-0.1, -0.05) is 23.5 Å². The molecular weight excluding hydrogens is 358 g/mol. The maximum absolute atomic E-state index is 5.49. The van der Waals surface area contributed by atoms with Crippen LogP contribution in [0.1, 0.15) is 20.8 Å². The lowest BCUT2D eigenvalue weighted by Crippen LogP contribution is -2.27. The maximum Gasteiger partial charge on any atom is 0.197 e. The number of thiazole rings is 1. The molecule has 5 nitrogen and oxygen atoms in total. The fourth-order valence-corrected chi connectivity index (χ4v) is 4.20. The monoisotopic (exact) mass is 381 g/mol. The number of fused-ring (bicyclic) bond motifs is 3. The van der Waals surface area contributed by atoms with Crippen LogP contribution in [-0.2, 0) is 0 Å². The van der Waals surface area contributed by atoms with Crippen LogP contribution in [0.2, 0.25) is 0 Å². The van der Waals surface area contributed by atoms with E-state index in [1.54, 1.807) is 25.6 Å². The molecule has 0 aliphatic rings. The Morgan fingerprint density at radius 1 is 1.00 bits per heavy atom. The fraction of sp³-hybridized carbons (Fsp3) is 0.286. The van der Waals surface area contributed by atoms with Gasteiger partial charge in [-0.25, -0.2) is 4.98 Å². The van der Waals surface area contributed by atoms with Gasteiger partial charge in [0.25, 0.3) is 0 Å². The number of nitrogens with zero attached hydrogens (tertiary/aromatic N) is 2. The van der Waals surface area contributed by atoms with E-state index in [2.05, 4.69) is 54.8 Å². The summed E-state index contributed by atoms with van der Waals surface area (Å²) in [6.07, 6.45) is 0. The van der Waals surface area contributed by atoms with Crippen LogP contribution in [0.25, 0.3) is 26.4 Å². The van der Waals surface area contributed by atoms with Gasteiger partial charge in [-0.3, -0.25) is 4.40 Å². The second kappa shape index (κ2) is 6.46. The predicted octanol–water partition coefficient (Wildman–Crippen LogP) is 5.44. The number of imidazole rings is 1. The van der Waals surface area contributed by atoms with Gasteiger partial charge in [0.05, 0.1) is 24.4 Å². The molecule has 140 valence electrons. The minimum absolute atomic E-state index is 0.107. The normalized spacial score (nSPS) is 11.9. The van der Waals surface area contributed by atoms with E-state index >= 15 is 0 Å². The van der Waals surface area contributed by atoms with Gasteiger partial charge in [0.1, 0.15) is 11.5 Å². The smallest absolute Gasteiger partial charge is 0.197 e. The first-order chi connectivity index (χ1) is 12.9. The average Bonchev–Trinajstić information content (AvgIpc) is 3.16. The van der Waals surface area contributed by atoms with Gasteiger partial charge in [-0.15, -0.1) is 0 Å². The van der Waals surface area contributed by atoms with Crippen LogP contribution in [0.4, 0.5) is 5.82 Å². The molecule has 0 aliphatic heterocycles. The lowest BCUT2D eigenvalue weighted by atomic mass is 10.1. The molecule has 0 fully saturated rings. The van der Waals surface area contributed by atoms with Crippen LogP contribution in [0, 0.1) is 0 Å². The van der Waals surface area contributed by atoms with Crippen LogP contribution < -0.4 is 14.8 Å². The summed E-state index contributed by atoms with van der Waals surface area (Å²) in [7, 11) is 3.29. The molecular formula is C21H23N3O2S. The number of ether oxygens (including phenoxy) is 2. The van der Waals surface area contributed by atoms with E-state index < -0.39 is 0 Å². The number of nitrogens with one attached hydrogen (secondary N) is 1. The van der Waals surface area contributed by atoms with Crippen molar-refractivity contribution in [3.63, 3.8) is 0 Å². The summed E-state index contributed by atoms with van der Waals surface area (Å²) in [5, 5.41) is 3.65. The molecule has 2 aromatic carbocycles. The second-order valence-electron chi connectivity index (χ2n) is 7.44. The van der Waals surface area contributed by atoms with Gasteiger partial charge >= 0.3 is 0 Å². The Morgan fingerprint density at radius 2 is 1.74 bits per heavy atom. The molecule has 0 spiro atoms. The van der Waals surface area contributed by atoms with Gasteiger partial charge in [-0.2, -0.15) is 0 Å². The summed E-state index contributed by atoms with van der Waals surface area (Å²) in [4.78, 5) is 5.92. The van der Waals surface area contributed by atoms with E-state index in [1.165, 1.54) is 4.70 Å². The van der Waals surface area contributed by atoms with E-state index in [4.69, 9.17) is 14.5 Å². The third kappa shape index (κ3) is 3.10. The molecule has 4 rings (SSSR count). The second-order valence-corrected chi connectivity index (χ2v) is 8.45. The lowest BCUT2D eigenvalue weighted by molar-refractivity contribution is 0.355. The molecule has 0 saturated heterocycles. The quantitative estimate of drug-likeness (QED) is 0.511. The van der Waals surface area contributed by atoms with Crippen molar-refractivity contribution in [2.75, 3.05) is 19.5 Å². The van der Waals surface area contributed by atoms with Crippen molar-refractivity contribution in [1.29, 1.82) is 0 Å². The zero-order valence-electron chi connectivity index (χ0n) is 16.2. The molecule has 0 unspecified atom stereocenters. The topological polar surface area (TPSA) is 47.8 Å². The van der Waals surface area contributed by atoms with Gasteiger partial charge in [-0.05, 0) is 51.1 Å². The van der Waals surface area contributed by atoms with Crippen molar-refractivity contribution in [2.45, 2.75) is 26.3 Å². The summed E-state index contributed by atoms with van der Waals surface area (Å²) in [6, 6.07) is 14.3. The highest BCUT2D eigenvalue weighted by molar-refractivity contribution is 7.23. The zero-order valence-corrected chi connectivity index (χ0v) is 17.0. The number of methoxy groups -OCH3 is 2. The number of rotatable bonds is 4. The summed E-state index contributed by atoms with van der Waals surface area (Å²) in [5.74, 6) is 2.39. The highest BCUT2D eigenvalue weighted by atomic mass is 32.1. The number of benzene rings is 2. The van der Waals surface area contributed by atoms with Gasteiger partial charge in [0.2, 0.25) is 0 Å². The molecule has 0 radical (unpaired) electrons. The number of aromatic nitrogens is 2. The van der Waals surface area contributed by atoms with Crippen LogP contribution in [0.15, 0.2) is 42.5 Å². The molecule has 0 bridgehead atoms. The Hall–Kier alpha value is -2.73. The van der Waals surface area contributed by atoms with Crippen molar-refractivity contribution in [3.8, 4) is 22.8 Å². The van der Waals surface area contributed by atoms with Gasteiger partial charge in [0, 0.05) is 11.1 Å². The average molecular weight is 382 g/mol. The largest absolute Gasteiger partial charge is 0.493 e. The predicted molar refractivity (Wildman–Crippen MR) is 112 cm³/mol. The molecule has 27 heavy (non-hydrogen) atoms. The van der Waals surface area contributed by atoms with Crippen LogP contribution in [0.3, 0.4) is 0 Å². The number of para-hydroxylation sites is 1. The summed E-state index contributed by atoms with van der Waals surface area (Å²) >= 11 is 1.69. The fourth-order valence-electron chi connectivity index (χ4n) is 3.17. The molecule has 0 amide bonds. The minimum atomic E-state index is -0.107. The first-order valence-corrected chi connectivity index (χ1v) is 9.63. The Labute approximate surface area is 162 Å². The molecule has 0 aliphatic carbocycles. The van der Waals surface area contributed by atoms with Crippen LogP contribution >= 0.6 is 11.3 Å². The number of anilines is 1. The molecule has 0 atom stereocenters. The molecule has 0 saturated carbocycles. The maximum atomic E-state index is 5.49. The van der Waals surface area contributed by atoms with E-state index in [-0.39, 0.29) is 5.54 Å². The van der Waals surface area contributed by atoms with Crippen molar-refractivity contribution < 1.29 is 9.47 Å². The Bertz CT molecular complexity index is 1120. The van der Waals surface area contributed by atoms with E-state index in [0.717, 1.165) is 27.6 Å². The summed E-state index contributed by atoms with van der Waals surface area (Å²) < 4.78 is 14.3. The van der Waals surface area contributed by atoms with Crippen LogP contribution in [0.5, 0.6) is 11.5 Å². The SMILES string of the molecule is COc1ccc(-c2nc3sc4ccccc4n3c2NC(C)(C)C)cc1OC. The van der Waals surface area contributed by atoms with Crippen molar-refractivity contribution in [3.05, 3.63) is 42.5 Å². The van der Waals surface area contributed by atoms with Crippen molar-refractivity contribution >= 4 is 32.3 Å². The first-order valence-electron chi connectivity index (χ1n) is 8.82. The Balaban J connectivity index is 1.98. The summed E-state index contributed by atoms with van der Waals surface area (Å²) in [5.41, 5.74) is 2.94. The zero-order chi connectivity index (χ0) is 19.2. The third-order valence-electron chi connectivity index (χ3n) is 4.30. The Morgan fingerprint density at radius 3 is 2.44 bits per heavy atom. The van der Waals surface area contributed by atoms with E-state index in [1.807, 2.05) is 18.2 Å². The highest BCUT2D eigenvalue weighted by Crippen LogP contribution is 2.39. The Kier molecular flexibility index (Phi) is 4.23. The van der Waals surface area contributed by atoms with Crippen molar-refractivity contribution in [2.24, 2.45) is 0 Å². The molecule has 2 heterocycles. The molecule has 6 heteroatoms. The van der Waals surface area contributed by atoms with E-state index in [0.29, 0.717) is 11.5 Å². The van der Waals surface area contributed by atoms with Crippen molar-refractivity contribution in [1.82, 2.24) is 9.38 Å². The lowest BCUT2D eigenvalue weighted by Gasteiger charge is -2.22. The van der Waals surface area contributed by atoms with E-state index in [9.17, 15) is 0 Å².